The van der Waals surface area contributed by atoms with E-state index in [1.807, 2.05) is 37.9 Å². The Morgan fingerprint density at radius 2 is 1.88 bits per heavy atom. The fourth-order valence-electron chi connectivity index (χ4n) is 2.46. The van der Waals surface area contributed by atoms with Gasteiger partial charge in [0.1, 0.15) is 5.82 Å². The van der Waals surface area contributed by atoms with Crippen LogP contribution in [0.4, 0.5) is 15.8 Å². The van der Waals surface area contributed by atoms with Gasteiger partial charge in [0.15, 0.2) is 5.78 Å². The maximum atomic E-state index is 13.6. The van der Waals surface area contributed by atoms with Crippen molar-refractivity contribution in [1.29, 1.82) is 0 Å². The SMILES string of the molecule is CCN(C)C=Nc1cc(C)c(C(=O)CNc2ccc(C)c(F)c2)cc1C. The summed E-state index contributed by atoms with van der Waals surface area (Å²) in [5.41, 5.74) is 4.51. The van der Waals surface area contributed by atoms with Crippen LogP contribution in [0.2, 0.25) is 0 Å². The molecule has 26 heavy (non-hydrogen) atoms. The third-order valence-electron chi connectivity index (χ3n) is 4.36. The number of nitrogens with one attached hydrogen (secondary N) is 1. The topological polar surface area (TPSA) is 44.7 Å². The van der Waals surface area contributed by atoms with E-state index in [0.717, 1.165) is 23.4 Å². The van der Waals surface area contributed by atoms with Crippen LogP contribution < -0.4 is 5.32 Å². The molecule has 2 rings (SSSR count). The molecule has 0 bridgehead atoms. The quantitative estimate of drug-likeness (QED) is 0.446. The van der Waals surface area contributed by atoms with E-state index >= 15 is 0 Å². The summed E-state index contributed by atoms with van der Waals surface area (Å²) < 4.78 is 13.6. The van der Waals surface area contributed by atoms with Crippen LogP contribution in [0.3, 0.4) is 0 Å². The van der Waals surface area contributed by atoms with Crippen molar-refractivity contribution in [2.45, 2.75) is 27.7 Å². The maximum Gasteiger partial charge on any atom is 0.182 e. The minimum atomic E-state index is -0.284. The second-order valence-electron chi connectivity index (χ2n) is 6.51. The molecule has 0 aliphatic rings. The van der Waals surface area contributed by atoms with Gasteiger partial charge in [0.25, 0.3) is 0 Å². The first-order valence-electron chi connectivity index (χ1n) is 8.70. The Morgan fingerprint density at radius 1 is 1.15 bits per heavy atom. The van der Waals surface area contributed by atoms with Gasteiger partial charge >= 0.3 is 0 Å². The monoisotopic (exact) mass is 355 g/mol. The number of rotatable bonds is 7. The van der Waals surface area contributed by atoms with Crippen molar-refractivity contribution in [2.24, 2.45) is 4.99 Å². The van der Waals surface area contributed by atoms with Crippen LogP contribution in [0.5, 0.6) is 0 Å². The molecule has 138 valence electrons. The summed E-state index contributed by atoms with van der Waals surface area (Å²) >= 11 is 0. The first-order valence-corrected chi connectivity index (χ1v) is 8.70. The highest BCUT2D eigenvalue weighted by Crippen LogP contribution is 2.24. The van der Waals surface area contributed by atoms with Crippen molar-refractivity contribution in [2.75, 3.05) is 25.5 Å². The average molecular weight is 355 g/mol. The zero-order valence-corrected chi connectivity index (χ0v) is 16.1. The highest BCUT2D eigenvalue weighted by molar-refractivity contribution is 6.00. The van der Waals surface area contributed by atoms with Crippen molar-refractivity contribution in [3.8, 4) is 0 Å². The lowest BCUT2D eigenvalue weighted by Gasteiger charge is -2.12. The molecule has 0 unspecified atom stereocenters. The van der Waals surface area contributed by atoms with Gasteiger partial charge in [0, 0.05) is 24.8 Å². The van der Waals surface area contributed by atoms with Crippen molar-refractivity contribution < 1.29 is 9.18 Å². The predicted molar refractivity (Wildman–Crippen MR) is 106 cm³/mol. The van der Waals surface area contributed by atoms with E-state index in [1.54, 1.807) is 25.4 Å². The van der Waals surface area contributed by atoms with Crippen molar-refractivity contribution in [3.63, 3.8) is 0 Å². The minimum absolute atomic E-state index is 0.0345. The molecule has 2 aromatic rings. The van der Waals surface area contributed by atoms with Crippen LogP contribution >= 0.6 is 0 Å². The van der Waals surface area contributed by atoms with Gasteiger partial charge in [-0.05, 0) is 68.7 Å². The molecule has 0 atom stereocenters. The summed E-state index contributed by atoms with van der Waals surface area (Å²) in [6.07, 6.45) is 1.79. The van der Waals surface area contributed by atoms with Crippen LogP contribution in [0.25, 0.3) is 0 Å². The van der Waals surface area contributed by atoms with Crippen LogP contribution in [0.1, 0.15) is 34.0 Å². The van der Waals surface area contributed by atoms with E-state index in [2.05, 4.69) is 17.2 Å². The van der Waals surface area contributed by atoms with E-state index in [-0.39, 0.29) is 18.1 Å². The summed E-state index contributed by atoms with van der Waals surface area (Å²) in [6, 6.07) is 8.66. The molecule has 0 aliphatic heterocycles. The Balaban J connectivity index is 2.12. The molecule has 0 aliphatic carbocycles. The van der Waals surface area contributed by atoms with Crippen LogP contribution in [0.15, 0.2) is 35.3 Å². The molecule has 2 aromatic carbocycles. The number of ketones is 1. The van der Waals surface area contributed by atoms with E-state index in [9.17, 15) is 9.18 Å². The highest BCUT2D eigenvalue weighted by atomic mass is 19.1. The molecule has 0 spiro atoms. The second kappa shape index (κ2) is 8.61. The van der Waals surface area contributed by atoms with Gasteiger partial charge in [-0.2, -0.15) is 0 Å². The zero-order valence-electron chi connectivity index (χ0n) is 16.1. The average Bonchev–Trinajstić information content (AvgIpc) is 2.62. The molecule has 0 fully saturated rings. The molecule has 0 saturated carbocycles. The first-order chi connectivity index (χ1) is 12.3. The van der Waals surface area contributed by atoms with Crippen LogP contribution in [0, 0.1) is 26.6 Å². The van der Waals surface area contributed by atoms with Gasteiger partial charge in [-0.3, -0.25) is 4.79 Å². The summed E-state index contributed by atoms with van der Waals surface area (Å²) in [5, 5.41) is 2.99. The fourth-order valence-corrected chi connectivity index (χ4v) is 2.46. The Bertz CT molecular complexity index is 830. The number of hydrogen-bond acceptors (Lipinski definition) is 3. The lowest BCUT2D eigenvalue weighted by Crippen LogP contribution is -2.16. The van der Waals surface area contributed by atoms with Crippen LogP contribution in [-0.4, -0.2) is 37.2 Å². The van der Waals surface area contributed by atoms with E-state index in [4.69, 9.17) is 0 Å². The zero-order chi connectivity index (χ0) is 19.3. The molecule has 0 aromatic heterocycles. The van der Waals surface area contributed by atoms with Gasteiger partial charge in [-0.25, -0.2) is 9.38 Å². The Hall–Kier alpha value is -2.69. The van der Waals surface area contributed by atoms with E-state index in [0.29, 0.717) is 16.8 Å². The standard InChI is InChI=1S/C21H26FN3O/c1-6-25(5)13-24-20-10-15(3)18(9-16(20)4)21(26)12-23-17-8-7-14(2)19(22)11-17/h7-11,13,23H,6,12H2,1-5H3. The third-order valence-corrected chi connectivity index (χ3v) is 4.36. The van der Waals surface area contributed by atoms with Gasteiger partial charge in [-0.15, -0.1) is 0 Å². The highest BCUT2D eigenvalue weighted by Gasteiger charge is 2.12. The Labute approximate surface area is 154 Å². The Morgan fingerprint density at radius 3 is 2.54 bits per heavy atom. The van der Waals surface area contributed by atoms with Crippen molar-refractivity contribution in [1.82, 2.24) is 4.90 Å². The summed E-state index contributed by atoms with van der Waals surface area (Å²) in [5.74, 6) is -0.318. The van der Waals surface area contributed by atoms with Gasteiger partial charge < -0.3 is 10.2 Å². The number of halogens is 1. The molecule has 0 saturated heterocycles. The first kappa shape index (κ1) is 19.6. The number of hydrogen-bond donors (Lipinski definition) is 1. The van der Waals surface area contributed by atoms with Crippen LogP contribution in [-0.2, 0) is 0 Å². The summed E-state index contributed by atoms with van der Waals surface area (Å²) in [4.78, 5) is 19.0. The number of aryl methyl sites for hydroxylation is 3. The fraction of sp³-hybridized carbons (Fsp3) is 0.333. The Kier molecular flexibility index (Phi) is 6.50. The number of carbonyl (C=O) groups is 1. The van der Waals surface area contributed by atoms with E-state index in [1.165, 1.54) is 6.07 Å². The summed E-state index contributed by atoms with van der Waals surface area (Å²) in [7, 11) is 1.96. The molecule has 0 radical (unpaired) electrons. The molecular formula is C21H26FN3O. The number of nitrogens with zero attached hydrogens (tertiary/aromatic N) is 2. The van der Waals surface area contributed by atoms with Crippen molar-refractivity contribution >= 4 is 23.5 Å². The molecule has 5 heteroatoms. The number of anilines is 1. The number of benzene rings is 2. The normalized spacial score (nSPS) is 11.0. The predicted octanol–water partition coefficient (Wildman–Crippen LogP) is 4.66. The number of aliphatic imine (C=N–C) groups is 1. The second-order valence-corrected chi connectivity index (χ2v) is 6.51. The smallest absolute Gasteiger partial charge is 0.182 e. The maximum absolute atomic E-state index is 13.6. The third kappa shape index (κ3) is 4.91. The number of carbonyl (C=O) groups excluding carboxylic acids is 1. The lowest BCUT2D eigenvalue weighted by molar-refractivity contribution is 0.101. The van der Waals surface area contributed by atoms with Crippen molar-refractivity contribution in [3.05, 3.63) is 58.4 Å². The molecular weight excluding hydrogens is 329 g/mol. The largest absolute Gasteiger partial charge is 0.377 e. The number of Topliss-reactive ketones (excluding diaryl/α,β-unsaturated/α-hetero) is 1. The molecule has 4 nitrogen and oxygen atoms in total. The minimum Gasteiger partial charge on any atom is -0.377 e. The van der Waals surface area contributed by atoms with Gasteiger partial charge in [0.2, 0.25) is 0 Å². The van der Waals surface area contributed by atoms with E-state index < -0.39 is 0 Å². The molecule has 1 N–H and O–H groups in total. The van der Waals surface area contributed by atoms with Gasteiger partial charge in [0.05, 0.1) is 18.6 Å². The lowest BCUT2D eigenvalue weighted by atomic mass is 10.0. The molecule has 0 heterocycles. The summed E-state index contributed by atoms with van der Waals surface area (Å²) in [6.45, 7) is 8.60. The van der Waals surface area contributed by atoms with Gasteiger partial charge in [-0.1, -0.05) is 6.07 Å². The molecule has 0 amide bonds.